The van der Waals surface area contributed by atoms with E-state index in [1.807, 2.05) is 72.8 Å². The van der Waals surface area contributed by atoms with Gasteiger partial charge in [0, 0.05) is 57.0 Å². The predicted molar refractivity (Wildman–Crippen MR) is 430 cm³/mol. The van der Waals surface area contributed by atoms with Crippen LogP contribution in [-0.2, 0) is 39.5 Å². The molecule has 9 aromatic rings. The molecule has 13 rings (SSSR count). The van der Waals surface area contributed by atoms with Crippen LogP contribution in [0.25, 0.3) is 62.4 Å². The fraction of sp³-hybridized carbons (Fsp3) is 0.542. The van der Waals surface area contributed by atoms with E-state index < -0.39 is 135 Å². The molecule has 0 spiro atoms. The van der Waals surface area contributed by atoms with Crippen molar-refractivity contribution in [1.82, 2.24) is 57.8 Å². The largest absolute Gasteiger partial charge is 0.405 e. The van der Waals surface area contributed by atoms with E-state index >= 15 is 0 Å². The van der Waals surface area contributed by atoms with Gasteiger partial charge in [-0.1, -0.05) is 57.2 Å². The Hall–Kier alpha value is -7.77. The Morgan fingerprint density at radius 2 is 0.709 bits per heavy atom. The van der Waals surface area contributed by atoms with E-state index in [4.69, 9.17) is 14.5 Å². The molecule has 7 heterocycles. The van der Waals surface area contributed by atoms with E-state index in [-0.39, 0.29) is 87.0 Å². The number of sulfonamides is 3. The van der Waals surface area contributed by atoms with E-state index in [2.05, 4.69) is 71.8 Å². The van der Waals surface area contributed by atoms with Crippen molar-refractivity contribution in [2.45, 2.75) is 154 Å². The zero-order valence-electron chi connectivity index (χ0n) is 65.1. The summed E-state index contributed by atoms with van der Waals surface area (Å²) in [5.41, 5.74) is 4.93. The van der Waals surface area contributed by atoms with Gasteiger partial charge in [-0.3, -0.25) is 0 Å². The first-order valence-corrected chi connectivity index (χ1v) is 45.0. The third-order valence-corrected chi connectivity index (χ3v) is 27.3. The van der Waals surface area contributed by atoms with Crippen LogP contribution in [0, 0.1) is 38.5 Å². The number of aromatic nitrogens is 9. The number of thiazole rings is 3. The molecular weight excluding hydrogens is 1670 g/mol. The molecule has 3 saturated carbocycles. The number of para-hydroxylation sites is 3. The Morgan fingerprint density at radius 3 is 1.00 bits per heavy atom. The van der Waals surface area contributed by atoms with Crippen molar-refractivity contribution in [2.75, 3.05) is 110 Å². The second kappa shape index (κ2) is 35.9. The quantitative estimate of drug-likeness (QED) is 0.0214. The van der Waals surface area contributed by atoms with Crippen molar-refractivity contribution >= 4 is 130 Å². The number of benzene rings is 3. The van der Waals surface area contributed by atoms with E-state index in [9.17, 15) is 85.2 Å². The summed E-state index contributed by atoms with van der Waals surface area (Å²) in [5.74, 6) is -2.31. The number of alkyl halides is 9. The third-order valence-electron chi connectivity index (χ3n) is 20.1. The van der Waals surface area contributed by atoms with Crippen molar-refractivity contribution in [2.24, 2.45) is 17.8 Å². The van der Waals surface area contributed by atoms with Crippen LogP contribution in [-0.4, -0.2) is 260 Å². The molecule has 12 atom stereocenters. The number of anilines is 6. The van der Waals surface area contributed by atoms with Crippen molar-refractivity contribution in [3.8, 4) is 31.7 Å². The highest BCUT2D eigenvalue weighted by Crippen LogP contribution is 2.47. The van der Waals surface area contributed by atoms with Crippen LogP contribution < -0.4 is 31.9 Å². The van der Waals surface area contributed by atoms with E-state index in [1.165, 1.54) is 53.2 Å². The molecule has 45 heteroatoms. The number of nitrogens with zero attached hydrogens (tertiary/aromatic N) is 12. The molecule has 0 unspecified atom stereocenters. The molecule has 10 N–H and O–H groups in total. The van der Waals surface area contributed by atoms with Crippen LogP contribution in [0.2, 0.25) is 0 Å². The van der Waals surface area contributed by atoms with Crippen LogP contribution in [0.4, 0.5) is 74.8 Å². The fourth-order valence-electron chi connectivity index (χ4n) is 14.6. The van der Waals surface area contributed by atoms with Gasteiger partial charge < -0.3 is 61.8 Å². The zero-order valence-corrected chi connectivity index (χ0v) is 70.0. The maximum absolute atomic E-state index is 13.0. The van der Waals surface area contributed by atoms with Crippen LogP contribution in [0.15, 0.2) is 72.8 Å². The number of hydrogen-bond acceptors (Lipinski definition) is 30. The van der Waals surface area contributed by atoms with Crippen LogP contribution in [0.5, 0.6) is 0 Å². The molecule has 6 aromatic heterocycles. The van der Waals surface area contributed by atoms with Crippen LogP contribution in [0.1, 0.15) is 71.0 Å². The van der Waals surface area contributed by atoms with Crippen molar-refractivity contribution in [1.29, 1.82) is 0 Å². The maximum Gasteiger partial charge on any atom is 0.405 e. The summed E-state index contributed by atoms with van der Waals surface area (Å²) < 4.78 is 208. The Bertz CT molecular complexity index is 5050. The molecule has 3 aliphatic carbocycles. The molecule has 117 heavy (non-hydrogen) atoms. The minimum Gasteiger partial charge on any atom is -0.390 e. The van der Waals surface area contributed by atoms with Gasteiger partial charge in [0.05, 0.1) is 120 Å². The van der Waals surface area contributed by atoms with Gasteiger partial charge in [-0.25, -0.2) is 68.1 Å². The highest BCUT2D eigenvalue weighted by atomic mass is 32.2. The smallest absolute Gasteiger partial charge is 0.390 e. The number of fused-ring (bicyclic) bond motifs is 4. The number of aliphatic hydroxyl groups excluding tert-OH is 4. The minimum atomic E-state index is -4.49. The highest BCUT2D eigenvalue weighted by Gasteiger charge is 2.55. The van der Waals surface area contributed by atoms with Crippen LogP contribution in [0.3, 0.4) is 0 Å². The molecule has 4 aliphatic rings. The number of aryl methyl sites for hydroxylation is 3. The average Bonchev–Trinajstić information content (AvgIpc) is 1.60. The van der Waals surface area contributed by atoms with E-state index in [1.54, 1.807) is 55.4 Å². The van der Waals surface area contributed by atoms with Gasteiger partial charge in [-0.2, -0.15) is 54.5 Å². The molecule has 0 amide bonds. The number of hydrogen-bond donors (Lipinski definition) is 10. The first-order chi connectivity index (χ1) is 54.7. The Morgan fingerprint density at radius 1 is 0.427 bits per heavy atom. The first-order valence-electron chi connectivity index (χ1n) is 37.0. The number of ether oxygens (including phenoxy) is 2. The molecule has 640 valence electrons. The summed E-state index contributed by atoms with van der Waals surface area (Å²) in [7, 11) is -10.5. The second-order valence-corrected chi connectivity index (χ2v) is 38.4. The third kappa shape index (κ3) is 22.5. The van der Waals surface area contributed by atoms with Gasteiger partial charge in [-0.05, 0) is 90.3 Å². The van der Waals surface area contributed by atoms with E-state index in [0.29, 0.717) is 67.6 Å². The lowest BCUT2D eigenvalue weighted by Crippen LogP contribution is -2.39. The standard InChI is InChI=1S/C26H33F3N6O4S2.2C23H29F3N6O4S2/c1-6-35(41(5,36)37)12-15-11-17(21-20(15)38-25(3,4)39-21)32-22-19(23-33-16-9-7-8-10-18(16)40-23)14(2)31-24(34-22)30-13-26(27,28)29;2*1-4-32(38(3,35)36)10-13-9-15(19(34)18(13)33)29-20-17(21-30-14-7-5-6-8-16(14)37-21)12(2)28-22(31-20)27-11-23(24,25)26/h7-10,15,17,20-21H,6,11-13H2,1-5H3,(H2,30,31,32,34);2*5-8,13,15,18-19,33-34H,4,9-11H2,1-3H3,(H2,27,28,29,31)/t15-,17+,20+,21-;13-,15+,18+,19-;13-,15-,18-,19+/m001/s1. The van der Waals surface area contributed by atoms with Gasteiger partial charge in [0.2, 0.25) is 47.9 Å². The Labute approximate surface area is 681 Å². The van der Waals surface area contributed by atoms with Gasteiger partial charge in [-0.15, -0.1) is 34.0 Å². The van der Waals surface area contributed by atoms with Crippen molar-refractivity contribution in [3.05, 3.63) is 89.9 Å². The minimum absolute atomic E-state index is 0.0116. The van der Waals surface area contributed by atoms with Crippen molar-refractivity contribution < 1.29 is 94.7 Å². The lowest BCUT2D eigenvalue weighted by atomic mass is 10.1. The molecule has 30 nitrogen and oxygen atoms in total. The number of halogens is 9. The molecule has 0 bridgehead atoms. The summed E-state index contributed by atoms with van der Waals surface area (Å²) in [6.07, 6.45) is -15.0. The van der Waals surface area contributed by atoms with Gasteiger partial charge in [0.25, 0.3) is 0 Å². The monoisotopic (exact) mass is 1760 g/mol. The van der Waals surface area contributed by atoms with Gasteiger partial charge in [0.15, 0.2) is 5.79 Å². The number of aliphatic hydroxyl groups is 4. The lowest BCUT2D eigenvalue weighted by Gasteiger charge is -2.27. The number of rotatable bonds is 27. The molecule has 4 fully saturated rings. The Balaban J connectivity index is 0.000000173. The number of nitrogens with one attached hydrogen (secondary N) is 6. The average molecular weight is 1760 g/mol. The first kappa shape index (κ1) is 90.0. The Kier molecular flexibility index (Phi) is 27.6. The summed E-state index contributed by atoms with van der Waals surface area (Å²) in [5, 5.41) is 60.9. The summed E-state index contributed by atoms with van der Waals surface area (Å²) in [4.78, 5) is 39.8. The van der Waals surface area contributed by atoms with Gasteiger partial charge >= 0.3 is 18.5 Å². The van der Waals surface area contributed by atoms with E-state index in [0.717, 1.165) is 43.2 Å². The van der Waals surface area contributed by atoms with Crippen molar-refractivity contribution in [3.63, 3.8) is 0 Å². The molecule has 3 aromatic carbocycles. The van der Waals surface area contributed by atoms with Gasteiger partial charge in [0.1, 0.15) is 70.4 Å². The molecular formula is C72H91F9N18O12S6. The summed E-state index contributed by atoms with van der Waals surface area (Å²) >= 11 is 4.15. The highest BCUT2D eigenvalue weighted by molar-refractivity contribution is 7.88. The molecule has 1 saturated heterocycles. The summed E-state index contributed by atoms with van der Waals surface area (Å²) in [6.45, 7) is 10.7. The molecule has 1 aliphatic heterocycles. The fourth-order valence-corrected chi connectivity index (χ4v) is 20.6. The SMILES string of the molecule is CCN(C[C@@H]1C[C@@H](Nc2nc(NCC(F)(F)F)nc(C)c2-c2nc3ccccc3s2)[C@@H]2OC(C)(C)O[C@H]12)S(C)(=O)=O.CCN(C[C@@H]1C[C@@H](Nc2nc(NCC(F)(F)F)nc(C)c2-c2nc3ccccc3s2)[C@H](O)[C@@H]1O)S(C)(=O)=O.CCN(C[C@H]1C[C@@H](Nc2nc(NCC(F)(F)F)nc(C)c2-c2nc3ccccc3s2)[C@H](O)[C@@H]1O)S(C)(=O)=O. The normalized spacial score (nSPS) is 23.0. The summed E-state index contributed by atoms with van der Waals surface area (Å²) in [6, 6.07) is 20.6. The predicted octanol–water partition coefficient (Wildman–Crippen LogP) is 10.3. The van der Waals surface area contributed by atoms with Crippen LogP contribution >= 0.6 is 34.0 Å². The zero-order chi connectivity index (χ0) is 85.4. The second-order valence-electron chi connectivity index (χ2n) is 29.3. The lowest BCUT2D eigenvalue weighted by molar-refractivity contribution is -0.157. The molecule has 0 radical (unpaired) electrons. The maximum atomic E-state index is 13.0. The topological polar surface area (TPSA) is 400 Å².